The summed E-state index contributed by atoms with van der Waals surface area (Å²) in [6.07, 6.45) is 11.2. The van der Waals surface area contributed by atoms with E-state index in [0.29, 0.717) is 0 Å². The number of allylic oxidation sites excluding steroid dienone is 4. The molecule has 0 aliphatic carbocycles. The van der Waals surface area contributed by atoms with Gasteiger partial charge in [-0.15, -0.1) is 11.3 Å². The number of aliphatic imine (C=N–C) groups is 1. The van der Waals surface area contributed by atoms with Crippen LogP contribution in [0.4, 0.5) is 0 Å². The molecular weight excluding hydrogens is 242 g/mol. The molecule has 0 spiro atoms. The average Bonchev–Trinajstić information content (AvgIpc) is 2.93. The number of nitriles is 1. The molecule has 1 aromatic heterocycles. The molecule has 2 aliphatic heterocycles. The summed E-state index contributed by atoms with van der Waals surface area (Å²) in [4.78, 5) is 7.61. The Kier molecular flexibility index (Phi) is 2.67. The molecule has 86 valence electrons. The van der Waals surface area contributed by atoms with Crippen LogP contribution in [0.15, 0.2) is 64.8 Å². The van der Waals surface area contributed by atoms with Crippen molar-refractivity contribution in [3.8, 4) is 6.07 Å². The maximum Gasteiger partial charge on any atom is 0.137 e. The molecule has 18 heavy (non-hydrogen) atoms. The topological polar surface area (TPSA) is 39.4 Å². The third kappa shape index (κ3) is 1.81. The zero-order valence-corrected chi connectivity index (χ0v) is 10.3. The Labute approximate surface area is 109 Å². The Bertz CT molecular complexity index is 652. The van der Waals surface area contributed by atoms with Gasteiger partial charge in [-0.05, 0) is 29.7 Å². The van der Waals surface area contributed by atoms with Gasteiger partial charge in [-0.25, -0.2) is 4.99 Å². The molecule has 0 saturated carbocycles. The van der Waals surface area contributed by atoms with Crippen LogP contribution in [0.2, 0.25) is 0 Å². The van der Waals surface area contributed by atoms with Crippen molar-refractivity contribution in [2.45, 2.75) is 0 Å². The lowest BCUT2D eigenvalue weighted by molar-refractivity contribution is 0.707. The highest BCUT2D eigenvalue weighted by molar-refractivity contribution is 7.11. The summed E-state index contributed by atoms with van der Waals surface area (Å²) in [5, 5.41) is 10.9. The molecule has 0 N–H and O–H groups in total. The SMILES string of the molecule is N#C/C=C1/C=C(c2cccs2)N=C2C=CC=CN21. The first-order valence-corrected chi connectivity index (χ1v) is 6.34. The highest BCUT2D eigenvalue weighted by Gasteiger charge is 2.19. The Morgan fingerprint density at radius 2 is 2.33 bits per heavy atom. The minimum absolute atomic E-state index is 0.838. The van der Waals surface area contributed by atoms with E-state index in [1.807, 2.05) is 52.9 Å². The van der Waals surface area contributed by atoms with Gasteiger partial charge in [0.1, 0.15) is 5.84 Å². The van der Waals surface area contributed by atoms with Crippen molar-refractivity contribution in [1.29, 1.82) is 5.26 Å². The van der Waals surface area contributed by atoms with E-state index in [9.17, 15) is 0 Å². The van der Waals surface area contributed by atoms with Crippen LogP contribution in [-0.4, -0.2) is 10.7 Å². The smallest absolute Gasteiger partial charge is 0.137 e. The zero-order chi connectivity index (χ0) is 12.4. The van der Waals surface area contributed by atoms with Crippen molar-refractivity contribution in [2.75, 3.05) is 0 Å². The summed E-state index contributed by atoms with van der Waals surface area (Å²) in [5.74, 6) is 0.838. The summed E-state index contributed by atoms with van der Waals surface area (Å²) in [6.45, 7) is 0. The molecule has 0 amide bonds. The number of hydrogen-bond donors (Lipinski definition) is 0. The van der Waals surface area contributed by atoms with Gasteiger partial charge in [0.2, 0.25) is 0 Å². The van der Waals surface area contributed by atoms with Crippen LogP contribution in [-0.2, 0) is 0 Å². The zero-order valence-electron chi connectivity index (χ0n) is 9.45. The van der Waals surface area contributed by atoms with Crippen molar-refractivity contribution in [2.24, 2.45) is 4.99 Å². The van der Waals surface area contributed by atoms with E-state index in [-0.39, 0.29) is 0 Å². The lowest BCUT2D eigenvalue weighted by Gasteiger charge is -2.26. The highest BCUT2D eigenvalue weighted by atomic mass is 32.1. The number of rotatable bonds is 1. The molecule has 3 rings (SSSR count). The molecular formula is C14H9N3S. The van der Waals surface area contributed by atoms with Gasteiger partial charge < -0.3 is 4.90 Å². The maximum absolute atomic E-state index is 8.86. The fourth-order valence-corrected chi connectivity index (χ4v) is 2.52. The van der Waals surface area contributed by atoms with E-state index in [0.717, 1.165) is 22.1 Å². The van der Waals surface area contributed by atoms with Crippen LogP contribution in [0, 0.1) is 11.3 Å². The van der Waals surface area contributed by atoms with Gasteiger partial charge in [-0.3, -0.25) is 0 Å². The Balaban J connectivity index is 2.10. The van der Waals surface area contributed by atoms with Gasteiger partial charge >= 0.3 is 0 Å². The standard InChI is InChI=1S/C14H9N3S/c15-7-6-11-10-12(13-4-3-9-18-13)16-14-5-1-2-8-17(11)14/h1-6,8-10H/b11-6-. The molecule has 0 unspecified atom stereocenters. The number of amidine groups is 1. The van der Waals surface area contributed by atoms with Crippen molar-refractivity contribution < 1.29 is 0 Å². The van der Waals surface area contributed by atoms with Crippen LogP contribution in [0.5, 0.6) is 0 Å². The van der Waals surface area contributed by atoms with Crippen LogP contribution in [0.1, 0.15) is 4.88 Å². The van der Waals surface area contributed by atoms with Gasteiger partial charge in [-0.2, -0.15) is 5.26 Å². The molecule has 0 saturated heterocycles. The molecule has 0 bridgehead atoms. The van der Waals surface area contributed by atoms with E-state index in [4.69, 9.17) is 5.26 Å². The summed E-state index contributed by atoms with van der Waals surface area (Å²) in [6, 6.07) is 6.11. The van der Waals surface area contributed by atoms with Gasteiger partial charge in [0.25, 0.3) is 0 Å². The fourth-order valence-electron chi connectivity index (χ4n) is 1.84. The minimum atomic E-state index is 0.838. The molecule has 1 aromatic rings. The summed E-state index contributed by atoms with van der Waals surface area (Å²) >= 11 is 1.64. The molecule has 0 radical (unpaired) electrons. The number of hydrogen-bond acceptors (Lipinski definition) is 4. The fraction of sp³-hybridized carbons (Fsp3) is 0. The van der Waals surface area contributed by atoms with Gasteiger partial charge in [-0.1, -0.05) is 12.1 Å². The first-order valence-electron chi connectivity index (χ1n) is 5.46. The van der Waals surface area contributed by atoms with Gasteiger partial charge in [0, 0.05) is 12.3 Å². The third-order valence-corrected chi connectivity index (χ3v) is 3.51. The Morgan fingerprint density at radius 3 is 3.11 bits per heavy atom. The second-order valence-corrected chi connectivity index (χ2v) is 4.69. The van der Waals surface area contributed by atoms with Crippen molar-refractivity contribution in [3.05, 3.63) is 64.7 Å². The molecule has 0 atom stereocenters. The lowest BCUT2D eigenvalue weighted by Crippen LogP contribution is -2.26. The second-order valence-electron chi connectivity index (χ2n) is 3.75. The summed E-state index contributed by atoms with van der Waals surface area (Å²) < 4.78 is 0. The minimum Gasteiger partial charge on any atom is -0.301 e. The highest BCUT2D eigenvalue weighted by Crippen LogP contribution is 2.29. The predicted octanol–water partition coefficient (Wildman–Crippen LogP) is 3.29. The van der Waals surface area contributed by atoms with Crippen LogP contribution >= 0.6 is 11.3 Å². The van der Waals surface area contributed by atoms with Gasteiger partial charge in [0.15, 0.2) is 0 Å². The van der Waals surface area contributed by atoms with Gasteiger partial charge in [0.05, 0.1) is 22.3 Å². The average molecular weight is 251 g/mol. The Morgan fingerprint density at radius 1 is 1.39 bits per heavy atom. The van der Waals surface area contributed by atoms with Crippen LogP contribution in [0.25, 0.3) is 5.70 Å². The monoisotopic (exact) mass is 251 g/mol. The molecule has 0 fully saturated rings. The molecule has 0 aromatic carbocycles. The normalized spacial score (nSPS) is 19.3. The Hall–Kier alpha value is -2.38. The van der Waals surface area contributed by atoms with E-state index in [2.05, 4.69) is 11.1 Å². The lowest BCUT2D eigenvalue weighted by atomic mass is 10.2. The third-order valence-electron chi connectivity index (χ3n) is 2.62. The molecule has 4 heteroatoms. The van der Waals surface area contributed by atoms with E-state index in [1.165, 1.54) is 6.08 Å². The predicted molar refractivity (Wildman–Crippen MR) is 73.5 cm³/mol. The van der Waals surface area contributed by atoms with E-state index < -0.39 is 0 Å². The van der Waals surface area contributed by atoms with E-state index in [1.54, 1.807) is 11.3 Å². The van der Waals surface area contributed by atoms with Crippen molar-refractivity contribution in [3.63, 3.8) is 0 Å². The maximum atomic E-state index is 8.86. The molecule has 2 aliphatic rings. The molecule has 3 nitrogen and oxygen atoms in total. The first-order chi connectivity index (χ1) is 8.88. The number of fused-ring (bicyclic) bond motifs is 1. The first kappa shape index (κ1) is 10.8. The second kappa shape index (κ2) is 4.47. The number of nitrogens with zero attached hydrogens (tertiary/aromatic N) is 3. The van der Waals surface area contributed by atoms with Crippen LogP contribution < -0.4 is 0 Å². The van der Waals surface area contributed by atoms with Crippen LogP contribution in [0.3, 0.4) is 0 Å². The summed E-state index contributed by atoms with van der Waals surface area (Å²) in [7, 11) is 0. The molecule has 3 heterocycles. The number of thiophene rings is 1. The van der Waals surface area contributed by atoms with E-state index >= 15 is 0 Å². The van der Waals surface area contributed by atoms with Crippen molar-refractivity contribution in [1.82, 2.24) is 4.90 Å². The summed E-state index contributed by atoms with van der Waals surface area (Å²) in [5.41, 5.74) is 1.74. The van der Waals surface area contributed by atoms with Crippen molar-refractivity contribution >= 4 is 22.9 Å². The quantitative estimate of drug-likeness (QED) is 0.718. The largest absolute Gasteiger partial charge is 0.301 e.